The summed E-state index contributed by atoms with van der Waals surface area (Å²) in [6, 6.07) is 13.3. The number of nitrogens with one attached hydrogen (secondary N) is 1. The van der Waals surface area contributed by atoms with E-state index in [1.807, 2.05) is 6.07 Å². The van der Waals surface area contributed by atoms with Crippen molar-refractivity contribution in [3.05, 3.63) is 89.0 Å². The number of pyridine rings is 2. The number of carbonyl (C=O) groups is 2. The summed E-state index contributed by atoms with van der Waals surface area (Å²) in [6.45, 7) is 0.00106. The summed E-state index contributed by atoms with van der Waals surface area (Å²) >= 11 is 5.84. The van der Waals surface area contributed by atoms with Gasteiger partial charge in [-0.1, -0.05) is 29.8 Å². The van der Waals surface area contributed by atoms with E-state index >= 15 is 0 Å². The Morgan fingerprint density at radius 2 is 2.03 bits per heavy atom. The number of aliphatic hydroxyl groups excluding tert-OH is 1. The SMILES string of the molecule is O=C(Nc1ccc(C2OCC(=O)N(Cc3cccnc3)C2CO)cc1)c1ccnc(Cl)c1. The summed E-state index contributed by atoms with van der Waals surface area (Å²) in [5, 5.41) is 13.1. The number of amides is 2. The Hall–Kier alpha value is -3.33. The number of benzene rings is 1. The van der Waals surface area contributed by atoms with Crippen LogP contribution in [-0.4, -0.2) is 51.0 Å². The molecule has 0 spiro atoms. The van der Waals surface area contributed by atoms with Gasteiger partial charge in [0.25, 0.3) is 5.91 Å². The number of nitrogens with zero attached hydrogens (tertiary/aromatic N) is 3. The van der Waals surface area contributed by atoms with Gasteiger partial charge in [0.15, 0.2) is 0 Å². The molecule has 9 heteroatoms. The van der Waals surface area contributed by atoms with Crippen LogP contribution in [0.15, 0.2) is 67.1 Å². The van der Waals surface area contributed by atoms with Crippen LogP contribution in [0.25, 0.3) is 0 Å². The monoisotopic (exact) mass is 452 g/mol. The van der Waals surface area contributed by atoms with E-state index in [2.05, 4.69) is 15.3 Å². The molecule has 32 heavy (non-hydrogen) atoms. The van der Waals surface area contributed by atoms with E-state index in [4.69, 9.17) is 16.3 Å². The Bertz CT molecular complexity index is 1090. The summed E-state index contributed by atoms with van der Waals surface area (Å²) in [6.07, 6.45) is 4.33. The van der Waals surface area contributed by atoms with Gasteiger partial charge in [0.05, 0.1) is 12.6 Å². The predicted octanol–water partition coefficient (Wildman–Crippen LogP) is 2.84. The van der Waals surface area contributed by atoms with Gasteiger partial charge < -0.3 is 20.1 Å². The van der Waals surface area contributed by atoms with Gasteiger partial charge in [-0.2, -0.15) is 0 Å². The quantitative estimate of drug-likeness (QED) is 0.557. The number of rotatable bonds is 6. The lowest BCUT2D eigenvalue weighted by atomic mass is 9.98. The van der Waals surface area contributed by atoms with Gasteiger partial charge in [0, 0.05) is 36.4 Å². The zero-order chi connectivity index (χ0) is 22.5. The van der Waals surface area contributed by atoms with Gasteiger partial charge in [-0.05, 0) is 41.5 Å². The predicted molar refractivity (Wildman–Crippen MR) is 118 cm³/mol. The van der Waals surface area contributed by atoms with Crippen molar-refractivity contribution < 1.29 is 19.4 Å². The van der Waals surface area contributed by atoms with E-state index in [9.17, 15) is 14.7 Å². The van der Waals surface area contributed by atoms with E-state index in [1.54, 1.807) is 53.7 Å². The highest BCUT2D eigenvalue weighted by atomic mass is 35.5. The molecule has 0 bridgehead atoms. The molecule has 1 fully saturated rings. The van der Waals surface area contributed by atoms with E-state index in [0.717, 1.165) is 11.1 Å². The molecular weight excluding hydrogens is 432 g/mol. The van der Waals surface area contributed by atoms with Gasteiger partial charge in [-0.15, -0.1) is 0 Å². The minimum atomic E-state index is -0.546. The average molecular weight is 453 g/mol. The Kier molecular flexibility index (Phi) is 6.75. The number of morpholine rings is 1. The molecule has 0 saturated carbocycles. The minimum absolute atomic E-state index is 0.0806. The zero-order valence-electron chi connectivity index (χ0n) is 17.0. The molecule has 2 atom stereocenters. The lowest BCUT2D eigenvalue weighted by Crippen LogP contribution is -2.52. The lowest BCUT2D eigenvalue weighted by Gasteiger charge is -2.40. The largest absolute Gasteiger partial charge is 0.394 e. The highest BCUT2D eigenvalue weighted by Crippen LogP contribution is 2.31. The van der Waals surface area contributed by atoms with Crippen LogP contribution in [0.4, 0.5) is 5.69 Å². The molecule has 1 aromatic carbocycles. The van der Waals surface area contributed by atoms with Crippen molar-refractivity contribution in [3.8, 4) is 0 Å². The van der Waals surface area contributed by atoms with Crippen molar-refractivity contribution in [1.29, 1.82) is 0 Å². The van der Waals surface area contributed by atoms with Crippen molar-refractivity contribution in [2.75, 3.05) is 18.5 Å². The molecule has 4 rings (SSSR count). The second-order valence-electron chi connectivity index (χ2n) is 7.31. The standard InChI is InChI=1S/C23H21ClN4O4/c24-20-10-17(7-9-26-20)23(31)27-18-5-3-16(4-6-18)22-19(13-29)28(21(30)14-32-22)12-15-2-1-8-25-11-15/h1-11,19,22,29H,12-14H2,(H,27,31). The van der Waals surface area contributed by atoms with Crippen LogP contribution in [0.3, 0.4) is 0 Å². The van der Waals surface area contributed by atoms with Crippen LogP contribution in [0.1, 0.15) is 27.6 Å². The second-order valence-corrected chi connectivity index (χ2v) is 7.70. The number of anilines is 1. The van der Waals surface area contributed by atoms with E-state index in [-0.39, 0.29) is 30.2 Å². The van der Waals surface area contributed by atoms with Crippen LogP contribution in [0.5, 0.6) is 0 Å². The summed E-state index contributed by atoms with van der Waals surface area (Å²) in [5.74, 6) is -0.499. The van der Waals surface area contributed by atoms with Crippen molar-refractivity contribution in [2.45, 2.75) is 18.7 Å². The summed E-state index contributed by atoms with van der Waals surface area (Å²) in [5.41, 5.74) is 2.65. The first-order valence-corrected chi connectivity index (χ1v) is 10.4. The maximum absolute atomic E-state index is 12.5. The molecule has 2 aromatic heterocycles. The first kappa shape index (κ1) is 21.9. The molecule has 1 saturated heterocycles. The minimum Gasteiger partial charge on any atom is -0.394 e. The van der Waals surface area contributed by atoms with Crippen molar-refractivity contribution in [2.24, 2.45) is 0 Å². The van der Waals surface area contributed by atoms with Gasteiger partial charge in [0.2, 0.25) is 5.91 Å². The number of carbonyl (C=O) groups excluding carboxylic acids is 2. The van der Waals surface area contributed by atoms with Gasteiger partial charge in [-0.25, -0.2) is 4.98 Å². The molecule has 8 nitrogen and oxygen atoms in total. The molecule has 1 aliphatic rings. The second kappa shape index (κ2) is 9.86. The van der Waals surface area contributed by atoms with Crippen LogP contribution in [0.2, 0.25) is 5.15 Å². The van der Waals surface area contributed by atoms with E-state index in [0.29, 0.717) is 17.8 Å². The fraction of sp³-hybridized carbons (Fsp3) is 0.217. The Labute approximate surface area is 189 Å². The first-order valence-electron chi connectivity index (χ1n) is 9.99. The molecule has 3 aromatic rings. The molecule has 0 radical (unpaired) electrons. The smallest absolute Gasteiger partial charge is 0.255 e. The molecule has 2 N–H and O–H groups in total. The third-order valence-corrected chi connectivity index (χ3v) is 5.41. The zero-order valence-corrected chi connectivity index (χ0v) is 17.8. The van der Waals surface area contributed by atoms with Gasteiger partial charge in [-0.3, -0.25) is 14.6 Å². The highest BCUT2D eigenvalue weighted by Gasteiger charge is 2.37. The third-order valence-electron chi connectivity index (χ3n) is 5.21. The molecule has 3 heterocycles. The maximum atomic E-state index is 12.5. The van der Waals surface area contributed by atoms with Crippen LogP contribution in [0, 0.1) is 0 Å². The third kappa shape index (κ3) is 4.94. The summed E-state index contributed by atoms with van der Waals surface area (Å²) in [4.78, 5) is 34.5. The number of halogens is 1. The molecular formula is C23H21ClN4O4. The number of hydrogen-bond acceptors (Lipinski definition) is 6. The van der Waals surface area contributed by atoms with E-state index in [1.165, 1.54) is 12.3 Å². The first-order chi connectivity index (χ1) is 15.5. The molecule has 2 unspecified atom stereocenters. The molecule has 2 amide bonds. The Morgan fingerprint density at radius 3 is 2.72 bits per heavy atom. The van der Waals surface area contributed by atoms with Gasteiger partial charge >= 0.3 is 0 Å². The van der Waals surface area contributed by atoms with E-state index < -0.39 is 12.1 Å². The van der Waals surface area contributed by atoms with Crippen LogP contribution < -0.4 is 5.32 Å². The molecule has 1 aliphatic heterocycles. The Balaban J connectivity index is 1.48. The normalized spacial score (nSPS) is 18.4. The van der Waals surface area contributed by atoms with Crippen LogP contribution >= 0.6 is 11.6 Å². The average Bonchev–Trinajstić information content (AvgIpc) is 2.81. The fourth-order valence-electron chi connectivity index (χ4n) is 3.61. The highest BCUT2D eigenvalue weighted by molar-refractivity contribution is 6.29. The van der Waals surface area contributed by atoms with Gasteiger partial charge in [0.1, 0.15) is 17.9 Å². The molecule has 164 valence electrons. The number of aromatic nitrogens is 2. The van der Waals surface area contributed by atoms with Crippen molar-refractivity contribution in [1.82, 2.24) is 14.9 Å². The topological polar surface area (TPSA) is 105 Å². The fourth-order valence-corrected chi connectivity index (χ4v) is 3.79. The summed E-state index contributed by atoms with van der Waals surface area (Å²) < 4.78 is 5.78. The maximum Gasteiger partial charge on any atom is 0.255 e. The van der Waals surface area contributed by atoms with Crippen LogP contribution in [-0.2, 0) is 16.1 Å². The number of hydrogen-bond donors (Lipinski definition) is 2. The van der Waals surface area contributed by atoms with Crippen molar-refractivity contribution in [3.63, 3.8) is 0 Å². The number of ether oxygens (including phenoxy) is 1. The molecule has 0 aliphatic carbocycles. The van der Waals surface area contributed by atoms with Crippen molar-refractivity contribution >= 4 is 29.1 Å². The summed E-state index contributed by atoms with van der Waals surface area (Å²) in [7, 11) is 0. The number of aliphatic hydroxyl groups is 1. The lowest BCUT2D eigenvalue weighted by molar-refractivity contribution is -0.162. The Morgan fingerprint density at radius 1 is 1.22 bits per heavy atom.